The van der Waals surface area contributed by atoms with E-state index in [2.05, 4.69) is 4.74 Å². The highest BCUT2D eigenvalue weighted by molar-refractivity contribution is 7.89. The molecular formula is C15H19NO7S. The van der Waals surface area contributed by atoms with E-state index in [0.717, 1.165) is 4.31 Å². The van der Waals surface area contributed by atoms with Gasteiger partial charge in [-0.2, -0.15) is 4.31 Å². The largest absolute Gasteiger partial charge is 0.480 e. The first-order chi connectivity index (χ1) is 11.3. The fourth-order valence-corrected chi connectivity index (χ4v) is 4.45. The molecule has 0 spiro atoms. The van der Waals surface area contributed by atoms with Gasteiger partial charge in [0.05, 0.1) is 24.2 Å². The fraction of sp³-hybridized carbons (Fsp3) is 0.467. The molecule has 2 rings (SSSR count). The molecule has 1 fully saturated rings. The second-order valence-corrected chi connectivity index (χ2v) is 7.29. The van der Waals surface area contributed by atoms with E-state index in [9.17, 15) is 23.1 Å². The normalized spacial score (nSPS) is 18.5. The van der Waals surface area contributed by atoms with Gasteiger partial charge in [0.15, 0.2) is 0 Å². The molecule has 1 unspecified atom stereocenters. The Hall–Kier alpha value is -1.97. The molecule has 1 aromatic rings. The zero-order valence-corrected chi connectivity index (χ0v) is 14.2. The van der Waals surface area contributed by atoms with Crippen LogP contribution in [0.3, 0.4) is 0 Å². The SMILES string of the molecule is COCc1cc(C(=O)OC)cc(S(=O)(=O)N2CCCC2C(=O)O)c1. The van der Waals surface area contributed by atoms with Crippen molar-refractivity contribution in [2.45, 2.75) is 30.4 Å². The van der Waals surface area contributed by atoms with E-state index >= 15 is 0 Å². The Morgan fingerprint density at radius 2 is 2.00 bits per heavy atom. The Balaban J connectivity index is 2.50. The number of carboxylic acids is 1. The molecule has 132 valence electrons. The monoisotopic (exact) mass is 357 g/mol. The number of aliphatic carboxylic acids is 1. The summed E-state index contributed by atoms with van der Waals surface area (Å²) < 4.78 is 36.3. The van der Waals surface area contributed by atoms with Crippen molar-refractivity contribution < 1.29 is 32.6 Å². The molecule has 1 aliphatic heterocycles. The number of sulfonamides is 1. The Morgan fingerprint density at radius 1 is 1.29 bits per heavy atom. The van der Waals surface area contributed by atoms with Crippen LogP contribution < -0.4 is 0 Å². The summed E-state index contributed by atoms with van der Waals surface area (Å²) in [5.74, 6) is -1.86. The standard InChI is InChI=1S/C15H19NO7S/c1-22-9-10-6-11(15(19)23-2)8-12(7-10)24(20,21)16-5-3-4-13(16)14(17)18/h6-8,13H,3-5,9H2,1-2H3,(H,17,18). The minimum absolute atomic E-state index is 0.0664. The number of rotatable bonds is 6. The lowest BCUT2D eigenvalue weighted by Gasteiger charge is -2.21. The van der Waals surface area contributed by atoms with Gasteiger partial charge in [-0.05, 0) is 36.6 Å². The van der Waals surface area contributed by atoms with Gasteiger partial charge >= 0.3 is 11.9 Å². The van der Waals surface area contributed by atoms with Gasteiger partial charge in [-0.25, -0.2) is 13.2 Å². The highest BCUT2D eigenvalue weighted by atomic mass is 32.2. The summed E-state index contributed by atoms with van der Waals surface area (Å²) in [6.45, 7) is 0.233. The van der Waals surface area contributed by atoms with Gasteiger partial charge in [0.2, 0.25) is 10.0 Å². The summed E-state index contributed by atoms with van der Waals surface area (Å²) in [5, 5.41) is 9.21. The fourth-order valence-electron chi connectivity index (χ4n) is 2.71. The molecule has 1 atom stereocenters. The van der Waals surface area contributed by atoms with Gasteiger partial charge in [0, 0.05) is 13.7 Å². The van der Waals surface area contributed by atoms with Gasteiger partial charge in [-0.1, -0.05) is 0 Å². The number of carboxylic acid groups (broad SMARTS) is 1. The lowest BCUT2D eigenvalue weighted by atomic mass is 10.1. The first-order valence-corrected chi connectivity index (χ1v) is 8.71. The number of nitrogens with zero attached hydrogens (tertiary/aromatic N) is 1. The van der Waals surface area contributed by atoms with Crippen molar-refractivity contribution in [3.63, 3.8) is 0 Å². The van der Waals surface area contributed by atoms with Crippen molar-refractivity contribution in [2.75, 3.05) is 20.8 Å². The van der Waals surface area contributed by atoms with Gasteiger partial charge in [0.1, 0.15) is 6.04 Å². The Kier molecular flexibility index (Phi) is 5.58. The molecule has 1 heterocycles. The van der Waals surface area contributed by atoms with Crippen molar-refractivity contribution >= 4 is 22.0 Å². The summed E-state index contributed by atoms with van der Waals surface area (Å²) in [4.78, 5) is 22.9. The Morgan fingerprint density at radius 3 is 2.58 bits per heavy atom. The van der Waals surface area contributed by atoms with Gasteiger partial charge in [-0.15, -0.1) is 0 Å². The van der Waals surface area contributed by atoms with Crippen LogP contribution >= 0.6 is 0 Å². The van der Waals surface area contributed by atoms with Crippen molar-refractivity contribution in [3.05, 3.63) is 29.3 Å². The molecule has 1 aromatic carbocycles. The first kappa shape index (κ1) is 18.4. The second-order valence-electron chi connectivity index (χ2n) is 5.40. The smallest absolute Gasteiger partial charge is 0.337 e. The molecule has 0 amide bonds. The number of esters is 1. The van der Waals surface area contributed by atoms with Crippen LogP contribution in [0.4, 0.5) is 0 Å². The maximum Gasteiger partial charge on any atom is 0.337 e. The molecular weight excluding hydrogens is 338 g/mol. The average molecular weight is 357 g/mol. The first-order valence-electron chi connectivity index (χ1n) is 7.27. The average Bonchev–Trinajstić information content (AvgIpc) is 3.04. The van der Waals surface area contributed by atoms with Crippen LogP contribution in [-0.4, -0.2) is 56.6 Å². The summed E-state index contributed by atoms with van der Waals surface area (Å²) in [6.07, 6.45) is 0.730. The number of hydrogen-bond acceptors (Lipinski definition) is 6. The maximum absolute atomic E-state index is 12.8. The van der Waals surface area contributed by atoms with E-state index in [4.69, 9.17) is 4.74 Å². The van der Waals surface area contributed by atoms with Crippen LogP contribution in [0.2, 0.25) is 0 Å². The van der Waals surface area contributed by atoms with Crippen LogP contribution in [0.1, 0.15) is 28.8 Å². The lowest BCUT2D eigenvalue weighted by molar-refractivity contribution is -0.140. The highest BCUT2D eigenvalue weighted by Gasteiger charge is 2.39. The molecule has 0 aliphatic carbocycles. The number of hydrogen-bond donors (Lipinski definition) is 1. The maximum atomic E-state index is 12.8. The third kappa shape index (κ3) is 3.58. The molecule has 1 aliphatic rings. The van der Waals surface area contributed by atoms with Crippen LogP contribution in [-0.2, 0) is 30.9 Å². The molecule has 1 saturated heterocycles. The summed E-state index contributed by atoms with van der Waals surface area (Å²) >= 11 is 0. The van der Waals surface area contributed by atoms with E-state index in [0.29, 0.717) is 12.0 Å². The number of carbonyl (C=O) groups is 2. The predicted molar refractivity (Wildman–Crippen MR) is 83.0 cm³/mol. The number of carbonyl (C=O) groups excluding carboxylic acids is 1. The van der Waals surface area contributed by atoms with Gasteiger partial charge in [-0.3, -0.25) is 4.79 Å². The highest BCUT2D eigenvalue weighted by Crippen LogP contribution is 2.28. The van der Waals surface area contributed by atoms with Crippen LogP contribution in [0.5, 0.6) is 0 Å². The minimum Gasteiger partial charge on any atom is -0.480 e. The summed E-state index contributed by atoms with van der Waals surface area (Å²) in [5.41, 5.74) is 0.543. The number of methoxy groups -OCH3 is 2. The molecule has 8 nitrogen and oxygen atoms in total. The topological polar surface area (TPSA) is 110 Å². The van der Waals surface area contributed by atoms with E-state index in [1.54, 1.807) is 0 Å². The number of ether oxygens (including phenoxy) is 2. The zero-order valence-electron chi connectivity index (χ0n) is 13.4. The lowest BCUT2D eigenvalue weighted by Crippen LogP contribution is -2.40. The Bertz CT molecular complexity index is 744. The number of benzene rings is 1. The molecule has 0 bridgehead atoms. The zero-order chi connectivity index (χ0) is 17.9. The van der Waals surface area contributed by atoms with Gasteiger partial charge in [0.25, 0.3) is 0 Å². The van der Waals surface area contributed by atoms with E-state index in [1.807, 2.05) is 0 Å². The predicted octanol–water partition coefficient (Wildman–Crippen LogP) is 0.857. The molecule has 0 radical (unpaired) electrons. The molecule has 24 heavy (non-hydrogen) atoms. The molecule has 1 N–H and O–H groups in total. The van der Waals surface area contributed by atoms with Crippen molar-refractivity contribution in [3.8, 4) is 0 Å². The van der Waals surface area contributed by atoms with Gasteiger partial charge < -0.3 is 14.6 Å². The van der Waals surface area contributed by atoms with Crippen molar-refractivity contribution in [1.29, 1.82) is 0 Å². The summed E-state index contributed by atoms with van der Waals surface area (Å²) in [7, 11) is -1.41. The second kappa shape index (κ2) is 7.29. The van der Waals surface area contributed by atoms with E-state index < -0.39 is 28.0 Å². The molecule has 9 heteroatoms. The van der Waals surface area contributed by atoms with E-state index in [-0.39, 0.29) is 30.0 Å². The molecule has 0 saturated carbocycles. The van der Waals surface area contributed by atoms with Crippen LogP contribution in [0.15, 0.2) is 23.1 Å². The van der Waals surface area contributed by atoms with Crippen LogP contribution in [0.25, 0.3) is 0 Å². The van der Waals surface area contributed by atoms with Crippen molar-refractivity contribution in [1.82, 2.24) is 4.31 Å². The van der Waals surface area contributed by atoms with E-state index in [1.165, 1.54) is 32.4 Å². The third-order valence-electron chi connectivity index (χ3n) is 3.79. The van der Waals surface area contributed by atoms with Crippen molar-refractivity contribution in [2.24, 2.45) is 0 Å². The van der Waals surface area contributed by atoms with Crippen LogP contribution in [0, 0.1) is 0 Å². The summed E-state index contributed by atoms with van der Waals surface area (Å²) in [6, 6.07) is 2.95. The minimum atomic E-state index is -4.05. The third-order valence-corrected chi connectivity index (χ3v) is 5.68. The quantitative estimate of drug-likeness (QED) is 0.752. The Labute approximate surface area is 140 Å². The molecule has 0 aromatic heterocycles.